The van der Waals surface area contributed by atoms with Crippen molar-refractivity contribution in [3.63, 3.8) is 0 Å². The standard InChI is InChI=1S/C21H14ClN3O2/c22-18-2-1-11-24-20(18)15-3-5-16(6-4-15)21(26)25-17-9-7-14(8-10-17)19-12-23-13-27-19/h1-13H,(H,25,26). The number of anilines is 1. The number of halogens is 1. The van der Waals surface area contributed by atoms with E-state index in [2.05, 4.69) is 15.3 Å². The lowest BCUT2D eigenvalue weighted by molar-refractivity contribution is 0.102. The highest BCUT2D eigenvalue weighted by Gasteiger charge is 2.09. The number of pyridine rings is 1. The molecule has 4 rings (SSSR count). The van der Waals surface area contributed by atoms with Gasteiger partial charge in [-0.1, -0.05) is 23.7 Å². The molecular formula is C21H14ClN3O2. The van der Waals surface area contributed by atoms with Crippen LogP contribution in [0.4, 0.5) is 5.69 Å². The Morgan fingerprint density at radius 1 is 0.963 bits per heavy atom. The fourth-order valence-corrected chi connectivity index (χ4v) is 2.89. The highest BCUT2D eigenvalue weighted by Crippen LogP contribution is 2.25. The van der Waals surface area contributed by atoms with Crippen LogP contribution < -0.4 is 5.32 Å². The van der Waals surface area contributed by atoms with Gasteiger partial charge in [-0.15, -0.1) is 0 Å². The van der Waals surface area contributed by atoms with Gasteiger partial charge in [0.2, 0.25) is 0 Å². The highest BCUT2D eigenvalue weighted by molar-refractivity contribution is 6.33. The number of hydrogen-bond donors (Lipinski definition) is 1. The smallest absolute Gasteiger partial charge is 0.255 e. The number of oxazole rings is 1. The molecule has 0 saturated carbocycles. The summed E-state index contributed by atoms with van der Waals surface area (Å²) in [4.78, 5) is 20.6. The molecule has 0 aliphatic rings. The Bertz CT molecular complexity index is 1060. The molecule has 2 aromatic heterocycles. The number of benzene rings is 2. The third kappa shape index (κ3) is 3.73. The molecule has 0 aliphatic heterocycles. The van der Waals surface area contributed by atoms with Crippen molar-refractivity contribution in [2.24, 2.45) is 0 Å². The van der Waals surface area contributed by atoms with E-state index in [1.54, 1.807) is 36.7 Å². The van der Waals surface area contributed by atoms with Crippen molar-refractivity contribution in [2.45, 2.75) is 0 Å². The van der Waals surface area contributed by atoms with E-state index >= 15 is 0 Å². The van der Waals surface area contributed by atoms with E-state index in [9.17, 15) is 4.79 Å². The van der Waals surface area contributed by atoms with Gasteiger partial charge in [-0.05, 0) is 48.5 Å². The monoisotopic (exact) mass is 375 g/mol. The summed E-state index contributed by atoms with van der Waals surface area (Å²) >= 11 is 6.17. The minimum Gasteiger partial charge on any atom is -0.444 e. The number of carbonyl (C=O) groups is 1. The van der Waals surface area contributed by atoms with Gasteiger partial charge in [-0.25, -0.2) is 4.98 Å². The molecule has 4 aromatic rings. The van der Waals surface area contributed by atoms with Crippen LogP contribution in [0.1, 0.15) is 10.4 Å². The van der Waals surface area contributed by atoms with Crippen molar-refractivity contribution in [1.82, 2.24) is 9.97 Å². The number of amides is 1. The number of aromatic nitrogens is 2. The Morgan fingerprint density at radius 2 is 1.70 bits per heavy atom. The lowest BCUT2D eigenvalue weighted by atomic mass is 10.1. The molecule has 0 atom stereocenters. The van der Waals surface area contributed by atoms with Gasteiger partial charge in [0.05, 0.1) is 16.9 Å². The predicted molar refractivity (Wildman–Crippen MR) is 105 cm³/mol. The summed E-state index contributed by atoms with van der Waals surface area (Å²) in [6.45, 7) is 0. The van der Waals surface area contributed by atoms with Crippen molar-refractivity contribution >= 4 is 23.2 Å². The summed E-state index contributed by atoms with van der Waals surface area (Å²) < 4.78 is 5.25. The molecule has 0 bridgehead atoms. The third-order valence-electron chi connectivity index (χ3n) is 4.04. The molecule has 0 spiro atoms. The van der Waals surface area contributed by atoms with E-state index in [0.717, 1.165) is 11.1 Å². The molecule has 0 saturated heterocycles. The van der Waals surface area contributed by atoms with Gasteiger partial charge in [-0.2, -0.15) is 0 Å². The second-order valence-electron chi connectivity index (χ2n) is 5.81. The van der Waals surface area contributed by atoms with Crippen LogP contribution in [0.2, 0.25) is 5.02 Å². The first kappa shape index (κ1) is 17.0. The van der Waals surface area contributed by atoms with Crippen LogP contribution in [0.15, 0.2) is 83.9 Å². The zero-order chi connectivity index (χ0) is 18.6. The molecule has 2 aromatic carbocycles. The zero-order valence-corrected chi connectivity index (χ0v) is 14.9. The Morgan fingerprint density at radius 3 is 2.37 bits per heavy atom. The number of nitrogens with one attached hydrogen (secondary N) is 1. The van der Waals surface area contributed by atoms with E-state index in [-0.39, 0.29) is 5.91 Å². The van der Waals surface area contributed by atoms with E-state index in [0.29, 0.717) is 27.7 Å². The molecule has 5 nitrogen and oxygen atoms in total. The Labute approximate surface area is 160 Å². The molecule has 0 fully saturated rings. The molecule has 1 amide bonds. The van der Waals surface area contributed by atoms with Gasteiger partial charge in [0.25, 0.3) is 5.91 Å². The first-order chi connectivity index (χ1) is 13.2. The van der Waals surface area contributed by atoms with E-state index < -0.39 is 0 Å². The van der Waals surface area contributed by atoms with Gasteiger partial charge in [-0.3, -0.25) is 9.78 Å². The maximum Gasteiger partial charge on any atom is 0.255 e. The summed E-state index contributed by atoms with van der Waals surface area (Å²) in [5.74, 6) is 0.484. The van der Waals surface area contributed by atoms with Crippen LogP contribution in [0, 0.1) is 0 Å². The molecule has 0 aliphatic carbocycles. The summed E-state index contributed by atoms with van der Waals surface area (Å²) in [6.07, 6.45) is 4.71. The molecular weight excluding hydrogens is 362 g/mol. The first-order valence-corrected chi connectivity index (χ1v) is 8.60. The van der Waals surface area contributed by atoms with Gasteiger partial charge in [0, 0.05) is 28.6 Å². The summed E-state index contributed by atoms with van der Waals surface area (Å²) in [7, 11) is 0. The van der Waals surface area contributed by atoms with Gasteiger partial charge in [0.1, 0.15) is 0 Å². The molecule has 0 unspecified atom stereocenters. The van der Waals surface area contributed by atoms with Crippen LogP contribution in [0.25, 0.3) is 22.6 Å². The third-order valence-corrected chi connectivity index (χ3v) is 4.34. The average molecular weight is 376 g/mol. The van der Waals surface area contributed by atoms with E-state index in [4.69, 9.17) is 16.0 Å². The Balaban J connectivity index is 1.48. The average Bonchev–Trinajstić information content (AvgIpc) is 3.24. The zero-order valence-electron chi connectivity index (χ0n) is 14.1. The lowest BCUT2D eigenvalue weighted by Crippen LogP contribution is -2.11. The number of hydrogen-bond acceptors (Lipinski definition) is 4. The number of nitrogens with zero attached hydrogens (tertiary/aromatic N) is 2. The van der Waals surface area contributed by atoms with Crippen molar-refractivity contribution in [3.05, 3.63) is 90.0 Å². The lowest BCUT2D eigenvalue weighted by Gasteiger charge is -2.07. The van der Waals surface area contributed by atoms with Crippen LogP contribution in [0.5, 0.6) is 0 Å². The van der Waals surface area contributed by atoms with Crippen LogP contribution in [-0.2, 0) is 0 Å². The SMILES string of the molecule is O=C(Nc1ccc(-c2cnco2)cc1)c1ccc(-c2ncccc2Cl)cc1. The van der Waals surface area contributed by atoms with E-state index in [1.807, 2.05) is 36.4 Å². The summed E-state index contributed by atoms with van der Waals surface area (Å²) in [5, 5.41) is 3.45. The highest BCUT2D eigenvalue weighted by atomic mass is 35.5. The maximum absolute atomic E-state index is 12.5. The topological polar surface area (TPSA) is 68.0 Å². The van der Waals surface area contributed by atoms with Crippen LogP contribution in [-0.4, -0.2) is 15.9 Å². The van der Waals surface area contributed by atoms with Gasteiger partial charge < -0.3 is 9.73 Å². The fraction of sp³-hybridized carbons (Fsp3) is 0. The molecule has 2 heterocycles. The summed E-state index contributed by atoms with van der Waals surface area (Å²) in [6, 6.07) is 18.1. The largest absolute Gasteiger partial charge is 0.444 e. The van der Waals surface area contributed by atoms with Crippen LogP contribution in [0.3, 0.4) is 0 Å². The molecule has 1 N–H and O–H groups in total. The Kier molecular flexibility index (Phi) is 4.68. The normalized spacial score (nSPS) is 10.6. The van der Waals surface area contributed by atoms with E-state index in [1.165, 1.54) is 6.39 Å². The predicted octanol–water partition coefficient (Wildman–Crippen LogP) is 5.31. The molecule has 27 heavy (non-hydrogen) atoms. The molecule has 6 heteroatoms. The quantitative estimate of drug-likeness (QED) is 0.525. The summed E-state index contributed by atoms with van der Waals surface area (Å²) in [5.41, 5.74) is 3.68. The first-order valence-electron chi connectivity index (χ1n) is 8.22. The maximum atomic E-state index is 12.5. The minimum absolute atomic E-state index is 0.193. The number of carbonyl (C=O) groups excluding carboxylic acids is 1. The minimum atomic E-state index is -0.193. The second kappa shape index (κ2) is 7.43. The van der Waals surface area contributed by atoms with Gasteiger partial charge in [0.15, 0.2) is 12.2 Å². The van der Waals surface area contributed by atoms with Crippen molar-refractivity contribution < 1.29 is 9.21 Å². The van der Waals surface area contributed by atoms with Crippen LogP contribution >= 0.6 is 11.6 Å². The van der Waals surface area contributed by atoms with Crippen molar-refractivity contribution in [1.29, 1.82) is 0 Å². The molecule has 0 radical (unpaired) electrons. The van der Waals surface area contributed by atoms with Crippen molar-refractivity contribution in [2.75, 3.05) is 5.32 Å². The fourth-order valence-electron chi connectivity index (χ4n) is 2.66. The van der Waals surface area contributed by atoms with Gasteiger partial charge >= 0.3 is 0 Å². The molecule has 132 valence electrons. The Hall–Kier alpha value is -3.44. The second-order valence-corrected chi connectivity index (χ2v) is 6.22. The number of rotatable bonds is 4. The van der Waals surface area contributed by atoms with Crippen molar-refractivity contribution in [3.8, 4) is 22.6 Å².